The molecule has 0 saturated heterocycles. The molecular formula is C22H23N3O5. The van der Waals surface area contributed by atoms with Crippen LogP contribution in [-0.4, -0.2) is 50.1 Å². The Kier molecular flexibility index (Phi) is 6.83. The van der Waals surface area contributed by atoms with Gasteiger partial charge in [-0.1, -0.05) is 0 Å². The Hall–Kier alpha value is -3.64. The predicted molar refractivity (Wildman–Crippen MR) is 112 cm³/mol. The fourth-order valence-electron chi connectivity index (χ4n) is 3.24. The van der Waals surface area contributed by atoms with Gasteiger partial charge < -0.3 is 14.2 Å². The molecule has 1 aliphatic heterocycles. The second kappa shape index (κ2) is 9.71. The van der Waals surface area contributed by atoms with Crippen LogP contribution < -0.4 is 14.2 Å². The number of hydrogen-bond donors (Lipinski definition) is 0. The van der Waals surface area contributed by atoms with E-state index in [4.69, 9.17) is 14.2 Å². The lowest BCUT2D eigenvalue weighted by molar-refractivity contribution is 0.0752. The van der Waals surface area contributed by atoms with E-state index in [0.717, 1.165) is 24.1 Å². The van der Waals surface area contributed by atoms with Crippen molar-refractivity contribution in [3.8, 4) is 17.2 Å². The summed E-state index contributed by atoms with van der Waals surface area (Å²) in [4.78, 5) is 27.6. The Bertz CT molecular complexity index is 1010. The van der Waals surface area contributed by atoms with Crippen molar-refractivity contribution >= 4 is 23.4 Å². The number of nitrogens with zero attached hydrogens (tertiary/aromatic N) is 3. The van der Waals surface area contributed by atoms with Crippen LogP contribution in [0.4, 0.5) is 5.69 Å². The second-order valence-corrected chi connectivity index (χ2v) is 6.46. The molecule has 8 heteroatoms. The van der Waals surface area contributed by atoms with Crippen molar-refractivity contribution in [2.75, 3.05) is 27.4 Å². The molecule has 2 aromatic carbocycles. The van der Waals surface area contributed by atoms with Crippen LogP contribution in [0.1, 0.15) is 35.7 Å². The second-order valence-electron chi connectivity index (χ2n) is 6.46. The smallest absolute Gasteiger partial charge is 0.276 e. The fraction of sp³-hybridized carbons (Fsp3) is 0.318. The van der Waals surface area contributed by atoms with Gasteiger partial charge in [0.2, 0.25) is 6.08 Å². The summed E-state index contributed by atoms with van der Waals surface area (Å²) in [5.74, 6) is 1.40. The van der Waals surface area contributed by atoms with Gasteiger partial charge in [-0.15, -0.1) is 0 Å². The number of amides is 1. The molecule has 0 unspecified atom stereocenters. The minimum atomic E-state index is -0.343. The molecule has 1 aliphatic rings. The van der Waals surface area contributed by atoms with Crippen LogP contribution in [0, 0.1) is 0 Å². The summed E-state index contributed by atoms with van der Waals surface area (Å²) in [5, 5.41) is 5.95. The van der Waals surface area contributed by atoms with Gasteiger partial charge in [0, 0.05) is 18.2 Å². The fourth-order valence-corrected chi connectivity index (χ4v) is 3.24. The number of rotatable bonds is 7. The normalized spacial score (nSPS) is 13.2. The first-order valence-corrected chi connectivity index (χ1v) is 9.57. The molecule has 0 N–H and O–H groups in total. The molecular weight excluding hydrogens is 386 g/mol. The lowest BCUT2D eigenvalue weighted by atomic mass is 10.0. The number of isocyanates is 1. The largest absolute Gasteiger partial charge is 0.494 e. The Labute approximate surface area is 174 Å². The summed E-state index contributed by atoms with van der Waals surface area (Å²) in [6.45, 7) is 2.77. The molecule has 30 heavy (non-hydrogen) atoms. The number of hydrogen-bond acceptors (Lipinski definition) is 7. The summed E-state index contributed by atoms with van der Waals surface area (Å²) >= 11 is 0. The van der Waals surface area contributed by atoms with E-state index >= 15 is 0 Å². The van der Waals surface area contributed by atoms with Crippen LogP contribution in [0.2, 0.25) is 0 Å². The highest BCUT2D eigenvalue weighted by Crippen LogP contribution is 2.30. The van der Waals surface area contributed by atoms with Crippen LogP contribution in [0.25, 0.3) is 0 Å². The first-order valence-electron chi connectivity index (χ1n) is 9.57. The Morgan fingerprint density at radius 2 is 1.97 bits per heavy atom. The Morgan fingerprint density at radius 3 is 2.67 bits per heavy atom. The van der Waals surface area contributed by atoms with E-state index < -0.39 is 0 Å². The maximum Gasteiger partial charge on any atom is 0.276 e. The summed E-state index contributed by atoms with van der Waals surface area (Å²) in [6, 6.07) is 10.3. The van der Waals surface area contributed by atoms with E-state index in [1.54, 1.807) is 38.5 Å². The topological polar surface area (TPSA) is 89.8 Å². The molecule has 2 aromatic rings. The quantitative estimate of drug-likeness (QED) is 0.514. The summed E-state index contributed by atoms with van der Waals surface area (Å²) in [5.41, 5.74) is 2.08. The third-order valence-electron chi connectivity index (χ3n) is 4.65. The molecule has 0 fully saturated rings. The highest BCUT2D eigenvalue weighted by atomic mass is 16.5. The molecule has 0 radical (unpaired) electrons. The number of ether oxygens (including phenoxy) is 3. The zero-order valence-electron chi connectivity index (χ0n) is 17.2. The third-order valence-corrected chi connectivity index (χ3v) is 4.65. The van der Waals surface area contributed by atoms with Gasteiger partial charge in [-0.25, -0.2) is 9.80 Å². The molecule has 0 bridgehead atoms. The average Bonchev–Trinajstić information content (AvgIpc) is 2.79. The van der Waals surface area contributed by atoms with E-state index in [0.29, 0.717) is 30.4 Å². The van der Waals surface area contributed by atoms with Gasteiger partial charge >= 0.3 is 0 Å². The number of carbonyl (C=O) groups excluding carboxylic acids is 2. The van der Waals surface area contributed by atoms with Gasteiger partial charge in [-0.05, 0) is 50.1 Å². The monoisotopic (exact) mass is 409 g/mol. The molecule has 0 aromatic heterocycles. The van der Waals surface area contributed by atoms with Gasteiger partial charge in [-0.3, -0.25) is 4.79 Å². The van der Waals surface area contributed by atoms with Crippen molar-refractivity contribution in [3.63, 3.8) is 0 Å². The molecule has 0 saturated carbocycles. The molecule has 1 heterocycles. The Balaban J connectivity index is 1.93. The maximum absolute atomic E-state index is 13.1. The molecule has 3 rings (SSSR count). The molecule has 0 spiro atoms. The van der Waals surface area contributed by atoms with Crippen molar-refractivity contribution in [2.45, 2.75) is 19.8 Å². The zero-order chi connectivity index (χ0) is 21.5. The van der Waals surface area contributed by atoms with Crippen molar-refractivity contribution < 1.29 is 23.8 Å². The average molecular weight is 409 g/mol. The lowest BCUT2D eigenvalue weighted by Crippen LogP contribution is -2.32. The lowest BCUT2D eigenvalue weighted by Gasteiger charge is -2.24. The van der Waals surface area contributed by atoms with E-state index in [1.165, 1.54) is 11.1 Å². The van der Waals surface area contributed by atoms with Gasteiger partial charge in [0.05, 0.1) is 37.8 Å². The van der Waals surface area contributed by atoms with Crippen molar-refractivity contribution in [3.05, 3.63) is 47.5 Å². The maximum atomic E-state index is 13.1. The van der Waals surface area contributed by atoms with Crippen LogP contribution in [-0.2, 0) is 4.79 Å². The standard InChI is InChI=1S/C22H23N3O5/c1-4-30-16-8-9-17(19(13-16)23-14-26)22(27)25-11-5-6-18(24-25)15-7-10-20(28-2)21(12-15)29-3/h7-10,12-13H,4-6,11H2,1-3H3. The van der Waals surface area contributed by atoms with E-state index in [2.05, 4.69) is 10.1 Å². The van der Waals surface area contributed by atoms with Crippen LogP contribution in [0.5, 0.6) is 17.2 Å². The highest BCUT2D eigenvalue weighted by molar-refractivity contribution is 6.04. The van der Waals surface area contributed by atoms with E-state index in [9.17, 15) is 9.59 Å². The van der Waals surface area contributed by atoms with Gasteiger partial charge in [0.25, 0.3) is 5.91 Å². The first kappa shape index (κ1) is 21.1. The van der Waals surface area contributed by atoms with Crippen molar-refractivity contribution in [2.24, 2.45) is 10.1 Å². The number of carbonyl (C=O) groups is 1. The highest BCUT2D eigenvalue weighted by Gasteiger charge is 2.24. The first-order chi connectivity index (χ1) is 14.6. The number of methoxy groups -OCH3 is 2. The van der Waals surface area contributed by atoms with E-state index in [-0.39, 0.29) is 17.2 Å². The van der Waals surface area contributed by atoms with Crippen LogP contribution in [0.15, 0.2) is 46.5 Å². The number of hydrazone groups is 1. The summed E-state index contributed by atoms with van der Waals surface area (Å²) in [6.07, 6.45) is 2.97. The predicted octanol–water partition coefficient (Wildman–Crippen LogP) is 3.71. The third kappa shape index (κ3) is 4.50. The Morgan fingerprint density at radius 1 is 1.17 bits per heavy atom. The van der Waals surface area contributed by atoms with Gasteiger partial charge in [0.1, 0.15) is 5.75 Å². The summed E-state index contributed by atoms with van der Waals surface area (Å²) < 4.78 is 16.1. The zero-order valence-corrected chi connectivity index (χ0v) is 17.2. The SMILES string of the molecule is CCOc1ccc(C(=O)N2CCCC(c3ccc(OC)c(OC)c3)=N2)c(N=C=O)c1. The van der Waals surface area contributed by atoms with Crippen molar-refractivity contribution in [1.29, 1.82) is 0 Å². The molecule has 8 nitrogen and oxygen atoms in total. The summed E-state index contributed by atoms with van der Waals surface area (Å²) in [7, 11) is 3.15. The molecule has 156 valence electrons. The van der Waals surface area contributed by atoms with E-state index in [1.807, 2.05) is 19.1 Å². The minimum Gasteiger partial charge on any atom is -0.494 e. The van der Waals surface area contributed by atoms with Crippen molar-refractivity contribution in [1.82, 2.24) is 5.01 Å². The number of benzene rings is 2. The van der Waals surface area contributed by atoms with Gasteiger partial charge in [0.15, 0.2) is 11.5 Å². The number of aliphatic imine (C=N–C) groups is 1. The molecule has 0 aliphatic carbocycles. The van der Waals surface area contributed by atoms with Crippen LogP contribution in [0.3, 0.4) is 0 Å². The molecule has 0 atom stereocenters. The minimum absolute atomic E-state index is 0.203. The molecule has 1 amide bonds. The van der Waals surface area contributed by atoms with Gasteiger partial charge in [-0.2, -0.15) is 10.1 Å². The van der Waals surface area contributed by atoms with Crippen LogP contribution >= 0.6 is 0 Å².